The Kier molecular flexibility index (Phi) is 4.11. The van der Waals surface area contributed by atoms with E-state index in [1.165, 1.54) is 6.20 Å². The lowest BCUT2D eigenvalue weighted by atomic mass is 10.1. The van der Waals surface area contributed by atoms with E-state index in [0.717, 1.165) is 10.0 Å². The molecular formula is C14H14BrClN2O. The van der Waals surface area contributed by atoms with Gasteiger partial charge in [0.1, 0.15) is 5.69 Å². The first-order valence-electron chi connectivity index (χ1n) is 5.95. The van der Waals surface area contributed by atoms with Crippen molar-refractivity contribution in [3.8, 4) is 0 Å². The third-order valence-electron chi connectivity index (χ3n) is 2.88. The average molecular weight is 342 g/mol. The molecule has 0 spiro atoms. The zero-order valence-electron chi connectivity index (χ0n) is 10.9. The molecule has 1 aromatic heterocycles. The molecule has 0 saturated carbocycles. The number of nitrogens with zero attached hydrogens (tertiary/aromatic N) is 2. The maximum absolute atomic E-state index is 12.6. The molecule has 0 radical (unpaired) electrons. The van der Waals surface area contributed by atoms with E-state index in [9.17, 15) is 4.79 Å². The molecule has 2 rings (SSSR count). The van der Waals surface area contributed by atoms with Gasteiger partial charge in [-0.25, -0.2) is 0 Å². The highest BCUT2D eigenvalue weighted by Gasteiger charge is 2.20. The minimum Gasteiger partial charge on any atom is -0.287 e. The topological polar surface area (TPSA) is 34.9 Å². The number of aromatic nitrogens is 2. The normalized spacial score (nSPS) is 11.1. The van der Waals surface area contributed by atoms with Gasteiger partial charge in [0, 0.05) is 16.1 Å². The van der Waals surface area contributed by atoms with Crippen molar-refractivity contribution in [2.24, 2.45) is 0 Å². The molecule has 0 aliphatic carbocycles. The molecule has 0 N–H and O–H groups in total. The highest BCUT2D eigenvalue weighted by atomic mass is 79.9. The van der Waals surface area contributed by atoms with Gasteiger partial charge in [-0.2, -0.15) is 5.10 Å². The monoisotopic (exact) mass is 340 g/mol. The summed E-state index contributed by atoms with van der Waals surface area (Å²) in [4.78, 5) is 12.6. The van der Waals surface area contributed by atoms with Crippen LogP contribution in [0.1, 0.15) is 41.5 Å². The molecule has 5 heteroatoms. The lowest BCUT2D eigenvalue weighted by molar-refractivity contribution is 0.102. The van der Waals surface area contributed by atoms with E-state index in [1.807, 2.05) is 32.9 Å². The van der Waals surface area contributed by atoms with Gasteiger partial charge in [0.05, 0.1) is 11.2 Å². The Morgan fingerprint density at radius 2 is 2.11 bits per heavy atom. The molecule has 100 valence electrons. The molecule has 0 atom stereocenters. The van der Waals surface area contributed by atoms with Crippen LogP contribution in [0.4, 0.5) is 0 Å². The van der Waals surface area contributed by atoms with Crippen LogP contribution in [0.2, 0.25) is 5.02 Å². The second-order valence-electron chi connectivity index (χ2n) is 4.67. The smallest absolute Gasteiger partial charge is 0.212 e. The summed E-state index contributed by atoms with van der Waals surface area (Å²) in [6.07, 6.45) is 1.51. The Balaban J connectivity index is 2.49. The predicted octanol–water partition coefficient (Wildman–Crippen LogP) is 4.42. The molecular weight excluding hydrogens is 328 g/mol. The summed E-state index contributed by atoms with van der Waals surface area (Å²) < 4.78 is 2.63. The highest BCUT2D eigenvalue weighted by molar-refractivity contribution is 9.10. The van der Waals surface area contributed by atoms with Gasteiger partial charge in [0.2, 0.25) is 5.78 Å². The van der Waals surface area contributed by atoms with Gasteiger partial charge in [-0.15, -0.1) is 0 Å². The Bertz CT molecular complexity index is 634. The third kappa shape index (κ3) is 2.74. The van der Waals surface area contributed by atoms with Crippen molar-refractivity contribution >= 4 is 33.3 Å². The number of benzene rings is 1. The molecule has 3 nitrogen and oxygen atoms in total. The van der Waals surface area contributed by atoms with E-state index in [2.05, 4.69) is 21.0 Å². The molecule has 0 fully saturated rings. The quantitative estimate of drug-likeness (QED) is 0.775. The fraction of sp³-hybridized carbons (Fsp3) is 0.286. The van der Waals surface area contributed by atoms with Crippen molar-refractivity contribution in [2.75, 3.05) is 0 Å². The van der Waals surface area contributed by atoms with Crippen molar-refractivity contribution in [3.63, 3.8) is 0 Å². The van der Waals surface area contributed by atoms with E-state index in [0.29, 0.717) is 16.3 Å². The summed E-state index contributed by atoms with van der Waals surface area (Å²) in [5.74, 6) is -0.105. The van der Waals surface area contributed by atoms with Crippen LogP contribution in [-0.4, -0.2) is 15.6 Å². The van der Waals surface area contributed by atoms with Gasteiger partial charge in [-0.1, -0.05) is 27.5 Å². The number of rotatable bonds is 3. The number of carbonyl (C=O) groups is 1. The Morgan fingerprint density at radius 1 is 1.42 bits per heavy atom. The minimum absolute atomic E-state index is 0.0861. The fourth-order valence-corrected chi connectivity index (χ4v) is 2.33. The van der Waals surface area contributed by atoms with Crippen LogP contribution < -0.4 is 0 Å². The largest absolute Gasteiger partial charge is 0.287 e. The molecule has 0 saturated heterocycles. The first-order chi connectivity index (χ1) is 8.91. The van der Waals surface area contributed by atoms with Gasteiger partial charge in [0.25, 0.3) is 0 Å². The van der Waals surface area contributed by atoms with E-state index in [1.54, 1.807) is 10.7 Å². The van der Waals surface area contributed by atoms with E-state index >= 15 is 0 Å². The van der Waals surface area contributed by atoms with Crippen LogP contribution >= 0.6 is 27.5 Å². The standard InChI is InChI=1S/C14H14BrClN2O/c1-8(2)18-13(12(16)7-17-18)14(19)10-4-5-11(15)9(3)6-10/h4-8H,1-3H3. The number of halogens is 2. The lowest BCUT2D eigenvalue weighted by Gasteiger charge is -2.11. The minimum atomic E-state index is -0.105. The summed E-state index contributed by atoms with van der Waals surface area (Å²) in [5.41, 5.74) is 2.07. The average Bonchev–Trinajstić information content (AvgIpc) is 2.74. The van der Waals surface area contributed by atoms with Crippen LogP contribution in [0.15, 0.2) is 28.9 Å². The second-order valence-corrected chi connectivity index (χ2v) is 5.93. The molecule has 0 aliphatic heterocycles. The zero-order chi connectivity index (χ0) is 14.2. The maximum Gasteiger partial charge on any atom is 0.212 e. The molecule has 0 amide bonds. The van der Waals surface area contributed by atoms with Gasteiger partial charge in [-0.05, 0) is 44.5 Å². The molecule has 1 heterocycles. The molecule has 0 aliphatic rings. The van der Waals surface area contributed by atoms with Gasteiger partial charge >= 0.3 is 0 Å². The third-order valence-corrected chi connectivity index (χ3v) is 4.04. The van der Waals surface area contributed by atoms with Gasteiger partial charge in [0.15, 0.2) is 0 Å². The summed E-state index contributed by atoms with van der Waals surface area (Å²) in [5, 5.41) is 4.54. The summed E-state index contributed by atoms with van der Waals surface area (Å²) in [6.45, 7) is 5.88. The molecule has 2 aromatic rings. The van der Waals surface area contributed by atoms with Gasteiger partial charge < -0.3 is 0 Å². The second kappa shape index (κ2) is 5.47. The molecule has 19 heavy (non-hydrogen) atoms. The zero-order valence-corrected chi connectivity index (χ0v) is 13.3. The van der Waals surface area contributed by atoms with Crippen molar-refractivity contribution in [3.05, 3.63) is 50.7 Å². The number of aryl methyl sites for hydroxylation is 1. The molecule has 1 aromatic carbocycles. The Hall–Kier alpha value is -1.13. The van der Waals surface area contributed by atoms with Crippen molar-refractivity contribution in [2.45, 2.75) is 26.8 Å². The van der Waals surface area contributed by atoms with Crippen LogP contribution in [0.25, 0.3) is 0 Å². The Labute approximate surface area is 125 Å². The number of hydrogen-bond donors (Lipinski definition) is 0. The van der Waals surface area contributed by atoms with Crippen LogP contribution in [0.3, 0.4) is 0 Å². The van der Waals surface area contributed by atoms with E-state index in [-0.39, 0.29) is 11.8 Å². The van der Waals surface area contributed by atoms with Crippen molar-refractivity contribution in [1.29, 1.82) is 0 Å². The van der Waals surface area contributed by atoms with Crippen LogP contribution in [0, 0.1) is 6.92 Å². The van der Waals surface area contributed by atoms with Crippen LogP contribution in [0.5, 0.6) is 0 Å². The Morgan fingerprint density at radius 3 is 2.68 bits per heavy atom. The van der Waals surface area contributed by atoms with E-state index in [4.69, 9.17) is 11.6 Å². The number of ketones is 1. The lowest BCUT2D eigenvalue weighted by Crippen LogP contribution is -2.14. The molecule has 0 bridgehead atoms. The molecule has 0 unspecified atom stereocenters. The maximum atomic E-state index is 12.6. The van der Waals surface area contributed by atoms with Gasteiger partial charge in [-0.3, -0.25) is 9.48 Å². The SMILES string of the molecule is Cc1cc(C(=O)c2c(Cl)cnn2C(C)C)ccc1Br. The predicted molar refractivity (Wildman–Crippen MR) is 79.9 cm³/mol. The summed E-state index contributed by atoms with van der Waals surface area (Å²) in [7, 11) is 0. The fourth-order valence-electron chi connectivity index (χ4n) is 1.87. The first-order valence-corrected chi connectivity index (χ1v) is 7.12. The summed E-state index contributed by atoms with van der Waals surface area (Å²) >= 11 is 9.52. The van der Waals surface area contributed by atoms with E-state index < -0.39 is 0 Å². The highest BCUT2D eigenvalue weighted by Crippen LogP contribution is 2.24. The number of carbonyl (C=O) groups excluding carboxylic acids is 1. The summed E-state index contributed by atoms with van der Waals surface area (Å²) in [6, 6.07) is 5.59. The van der Waals surface area contributed by atoms with Crippen molar-refractivity contribution in [1.82, 2.24) is 9.78 Å². The van der Waals surface area contributed by atoms with Crippen LogP contribution in [-0.2, 0) is 0 Å². The number of hydrogen-bond acceptors (Lipinski definition) is 2. The first kappa shape index (κ1) is 14.3. The van der Waals surface area contributed by atoms with Crippen molar-refractivity contribution < 1.29 is 4.79 Å².